The van der Waals surface area contributed by atoms with Crippen LogP contribution in [0.25, 0.3) is 21.7 Å². The predicted molar refractivity (Wildman–Crippen MR) is 103 cm³/mol. The SMILES string of the molecule is [C-]#[N+]COc1ccccc1-c1ccc(-n2cc(NC(N)=O)c(C(N)=O)n2)cc1. The highest BCUT2D eigenvalue weighted by Crippen LogP contribution is 2.30. The van der Waals surface area contributed by atoms with Crippen molar-refractivity contribution in [3.63, 3.8) is 0 Å². The van der Waals surface area contributed by atoms with E-state index in [1.165, 1.54) is 10.9 Å². The third-order valence-corrected chi connectivity index (χ3v) is 3.82. The van der Waals surface area contributed by atoms with Crippen LogP contribution in [0.2, 0.25) is 0 Å². The second-order valence-electron chi connectivity index (χ2n) is 5.66. The number of urea groups is 1. The third kappa shape index (κ3) is 3.91. The van der Waals surface area contributed by atoms with Gasteiger partial charge in [-0.1, -0.05) is 30.3 Å². The Hall–Kier alpha value is -4.32. The summed E-state index contributed by atoms with van der Waals surface area (Å²) in [5, 5.41) is 6.43. The normalized spacial score (nSPS) is 10.1. The number of para-hydroxylation sites is 1. The van der Waals surface area contributed by atoms with E-state index in [4.69, 9.17) is 22.8 Å². The first-order valence-electron chi connectivity index (χ1n) is 8.11. The number of nitrogens with two attached hydrogens (primary N) is 2. The van der Waals surface area contributed by atoms with Crippen LogP contribution in [-0.2, 0) is 0 Å². The van der Waals surface area contributed by atoms with Crippen LogP contribution in [0.15, 0.2) is 54.7 Å². The van der Waals surface area contributed by atoms with Crippen molar-refractivity contribution in [2.45, 2.75) is 0 Å². The van der Waals surface area contributed by atoms with Crippen LogP contribution in [0.5, 0.6) is 5.75 Å². The molecule has 3 amide bonds. The minimum atomic E-state index is -0.826. The van der Waals surface area contributed by atoms with Crippen LogP contribution in [-0.4, -0.2) is 28.4 Å². The van der Waals surface area contributed by atoms with Gasteiger partial charge in [0.05, 0.1) is 17.6 Å². The summed E-state index contributed by atoms with van der Waals surface area (Å²) in [6.07, 6.45) is 1.45. The summed E-state index contributed by atoms with van der Waals surface area (Å²) in [5.41, 5.74) is 12.8. The number of carbonyl (C=O) groups is 2. The number of ether oxygens (including phenoxy) is 1. The first-order valence-corrected chi connectivity index (χ1v) is 8.11. The molecule has 3 rings (SSSR count). The Labute approximate surface area is 160 Å². The maximum atomic E-state index is 11.5. The van der Waals surface area contributed by atoms with E-state index >= 15 is 0 Å². The largest absolute Gasteiger partial charge is 0.425 e. The summed E-state index contributed by atoms with van der Waals surface area (Å²) < 4.78 is 6.88. The Kier molecular flexibility index (Phi) is 5.23. The molecule has 0 fully saturated rings. The van der Waals surface area contributed by atoms with Gasteiger partial charge in [0.1, 0.15) is 5.75 Å². The van der Waals surface area contributed by atoms with E-state index in [0.29, 0.717) is 11.4 Å². The molecule has 3 aromatic rings. The molecule has 5 N–H and O–H groups in total. The van der Waals surface area contributed by atoms with E-state index in [2.05, 4.69) is 15.3 Å². The molecule has 0 atom stereocenters. The number of primary amides is 2. The quantitative estimate of drug-likeness (QED) is 0.570. The number of anilines is 1. The maximum absolute atomic E-state index is 11.5. The Morgan fingerprint density at radius 2 is 1.86 bits per heavy atom. The summed E-state index contributed by atoms with van der Waals surface area (Å²) in [7, 11) is 0. The zero-order valence-electron chi connectivity index (χ0n) is 14.6. The zero-order valence-corrected chi connectivity index (χ0v) is 14.6. The molecular formula is C19H16N6O3. The van der Waals surface area contributed by atoms with E-state index in [0.717, 1.165) is 11.1 Å². The van der Waals surface area contributed by atoms with Crippen LogP contribution in [0.3, 0.4) is 0 Å². The lowest BCUT2D eigenvalue weighted by atomic mass is 10.0. The van der Waals surface area contributed by atoms with Gasteiger partial charge in [0.2, 0.25) is 0 Å². The average Bonchev–Trinajstić information content (AvgIpc) is 3.10. The summed E-state index contributed by atoms with van der Waals surface area (Å²) in [5.74, 6) is -0.181. The Bertz CT molecular complexity index is 1070. The highest BCUT2D eigenvalue weighted by molar-refractivity contribution is 6.00. The smallest absolute Gasteiger partial charge is 0.357 e. The molecule has 0 aliphatic carbocycles. The van der Waals surface area contributed by atoms with Gasteiger partial charge in [-0.2, -0.15) is 5.10 Å². The van der Waals surface area contributed by atoms with Crippen molar-refractivity contribution in [2.75, 3.05) is 12.0 Å². The molecule has 2 aromatic carbocycles. The lowest BCUT2D eigenvalue weighted by Gasteiger charge is -2.09. The van der Waals surface area contributed by atoms with E-state index in [1.54, 1.807) is 18.2 Å². The molecule has 0 aliphatic rings. The molecule has 9 nitrogen and oxygen atoms in total. The fourth-order valence-corrected chi connectivity index (χ4v) is 2.64. The molecule has 9 heteroatoms. The van der Waals surface area contributed by atoms with Gasteiger partial charge in [0.15, 0.2) is 5.69 Å². The first kappa shape index (κ1) is 18.5. The standard InChI is InChI=1S/C19H16N6O3/c1-22-11-28-16-5-3-2-4-14(16)12-6-8-13(9-7-12)25-10-15(23-19(21)27)17(24-25)18(20)26/h2-10H,11H2,(H2,20,26)(H3,21,23,27). The number of carbonyl (C=O) groups excluding carboxylic acids is 2. The van der Waals surface area contributed by atoms with E-state index < -0.39 is 11.9 Å². The molecule has 28 heavy (non-hydrogen) atoms. The lowest BCUT2D eigenvalue weighted by molar-refractivity contribution is 0.0996. The number of nitrogens with one attached hydrogen (secondary N) is 1. The number of amides is 3. The average molecular weight is 376 g/mol. The Morgan fingerprint density at radius 3 is 2.50 bits per heavy atom. The van der Waals surface area contributed by atoms with Crippen molar-refractivity contribution < 1.29 is 14.3 Å². The van der Waals surface area contributed by atoms with Crippen LogP contribution in [0.1, 0.15) is 10.5 Å². The molecule has 0 saturated heterocycles. The molecule has 0 aliphatic heterocycles. The van der Waals surface area contributed by atoms with Crippen LogP contribution in [0, 0.1) is 6.57 Å². The van der Waals surface area contributed by atoms with E-state index in [-0.39, 0.29) is 18.1 Å². The highest BCUT2D eigenvalue weighted by Gasteiger charge is 2.16. The Balaban J connectivity index is 1.93. The van der Waals surface area contributed by atoms with Crippen molar-refractivity contribution in [3.8, 4) is 22.6 Å². The van der Waals surface area contributed by atoms with E-state index in [9.17, 15) is 9.59 Å². The molecule has 0 saturated carbocycles. The number of hydrogen-bond donors (Lipinski definition) is 3. The van der Waals surface area contributed by atoms with Gasteiger partial charge < -0.3 is 21.5 Å². The minimum absolute atomic E-state index is 0.0616. The van der Waals surface area contributed by atoms with Gasteiger partial charge in [-0.25, -0.2) is 16.0 Å². The van der Waals surface area contributed by atoms with Gasteiger partial charge in [0.25, 0.3) is 5.91 Å². The molecule has 1 aromatic heterocycles. The maximum Gasteiger partial charge on any atom is 0.357 e. The predicted octanol–water partition coefficient (Wildman–Crippen LogP) is 2.38. The second kappa shape index (κ2) is 7.92. The highest BCUT2D eigenvalue weighted by atomic mass is 16.5. The lowest BCUT2D eigenvalue weighted by Crippen LogP contribution is -2.22. The number of nitrogens with zero attached hydrogens (tertiary/aromatic N) is 3. The molecule has 1 heterocycles. The monoisotopic (exact) mass is 376 g/mol. The molecule has 0 radical (unpaired) electrons. The van der Waals surface area contributed by atoms with Crippen molar-refractivity contribution >= 4 is 17.6 Å². The van der Waals surface area contributed by atoms with Gasteiger partial charge in [-0.3, -0.25) is 9.64 Å². The molecular weight excluding hydrogens is 360 g/mol. The van der Waals surface area contributed by atoms with Crippen LogP contribution < -0.4 is 21.5 Å². The van der Waals surface area contributed by atoms with Crippen molar-refractivity contribution in [1.29, 1.82) is 0 Å². The van der Waals surface area contributed by atoms with Crippen molar-refractivity contribution in [1.82, 2.24) is 9.78 Å². The fraction of sp³-hybridized carbons (Fsp3) is 0.0526. The van der Waals surface area contributed by atoms with E-state index in [1.807, 2.05) is 30.3 Å². The van der Waals surface area contributed by atoms with Crippen molar-refractivity contribution in [3.05, 3.63) is 71.8 Å². The minimum Gasteiger partial charge on any atom is -0.425 e. The topological polar surface area (TPSA) is 130 Å². The number of rotatable bonds is 6. The number of hydrogen-bond acceptors (Lipinski definition) is 4. The molecule has 0 unspecified atom stereocenters. The molecule has 0 bridgehead atoms. The fourth-order valence-electron chi connectivity index (χ4n) is 2.64. The number of aromatic nitrogens is 2. The summed E-state index contributed by atoms with van der Waals surface area (Å²) in [6, 6.07) is 13.8. The van der Waals surface area contributed by atoms with Crippen LogP contribution >= 0.6 is 0 Å². The van der Waals surface area contributed by atoms with Gasteiger partial charge in [0, 0.05) is 5.56 Å². The Morgan fingerprint density at radius 1 is 1.14 bits per heavy atom. The van der Waals surface area contributed by atoms with Gasteiger partial charge in [-0.05, 0) is 23.8 Å². The molecule has 0 spiro atoms. The first-order chi connectivity index (χ1) is 13.5. The second-order valence-corrected chi connectivity index (χ2v) is 5.66. The van der Waals surface area contributed by atoms with Crippen LogP contribution in [0.4, 0.5) is 10.5 Å². The summed E-state index contributed by atoms with van der Waals surface area (Å²) in [4.78, 5) is 25.8. The number of benzene rings is 2. The molecule has 140 valence electrons. The van der Waals surface area contributed by atoms with Crippen molar-refractivity contribution in [2.24, 2.45) is 11.5 Å². The van der Waals surface area contributed by atoms with Gasteiger partial charge >= 0.3 is 12.8 Å². The summed E-state index contributed by atoms with van der Waals surface area (Å²) in [6.45, 7) is 6.80. The zero-order chi connectivity index (χ0) is 20.1. The van der Waals surface area contributed by atoms with Gasteiger partial charge in [-0.15, -0.1) is 0 Å². The summed E-state index contributed by atoms with van der Waals surface area (Å²) >= 11 is 0. The third-order valence-electron chi connectivity index (χ3n) is 3.82.